The van der Waals surface area contributed by atoms with Gasteiger partial charge >= 0.3 is 5.97 Å². The second-order valence-corrected chi connectivity index (χ2v) is 4.13. The third-order valence-electron chi connectivity index (χ3n) is 2.86. The fourth-order valence-electron chi connectivity index (χ4n) is 1.94. The van der Waals surface area contributed by atoms with E-state index in [1.54, 1.807) is 31.3 Å². The number of hydrogen-bond acceptors (Lipinski definition) is 4. The van der Waals surface area contributed by atoms with Gasteiger partial charge in [0.05, 0.1) is 12.2 Å². The first-order valence-corrected chi connectivity index (χ1v) is 6.17. The molecular weight excluding hydrogens is 244 g/mol. The third kappa shape index (κ3) is 2.66. The predicted octanol–water partition coefficient (Wildman–Crippen LogP) is 1.14. The maximum absolute atomic E-state index is 12.2. The topological polar surface area (TPSA) is 74.3 Å². The number of hydrogen-bond donors (Lipinski definition) is 1. The molecule has 2 rings (SSSR count). The number of pyridine rings is 1. The highest BCUT2D eigenvalue weighted by Gasteiger charge is 2.09. The maximum atomic E-state index is 12.2. The quantitative estimate of drug-likeness (QED) is 0.836. The smallest absolute Gasteiger partial charge is 0.338 e. The summed E-state index contributed by atoms with van der Waals surface area (Å²) < 4.78 is 6.47. The summed E-state index contributed by atoms with van der Waals surface area (Å²) in [6, 6.07) is 6.81. The van der Waals surface area contributed by atoms with Crippen molar-refractivity contribution in [3.63, 3.8) is 0 Å². The molecule has 0 bridgehead atoms. The second-order valence-electron chi connectivity index (χ2n) is 4.13. The SMILES string of the molecule is CCOC(=O)c1ccc2ccn(CCN)c(=O)c2c1. The molecule has 1 heterocycles. The number of nitrogens with two attached hydrogens (primary N) is 1. The first-order valence-electron chi connectivity index (χ1n) is 6.17. The van der Waals surface area contributed by atoms with E-state index in [9.17, 15) is 9.59 Å². The molecule has 0 aliphatic rings. The molecule has 0 aliphatic carbocycles. The lowest BCUT2D eigenvalue weighted by Gasteiger charge is -2.07. The molecule has 5 heteroatoms. The highest BCUT2D eigenvalue weighted by Crippen LogP contribution is 2.13. The van der Waals surface area contributed by atoms with Crippen molar-refractivity contribution in [2.45, 2.75) is 13.5 Å². The Balaban J connectivity index is 2.54. The summed E-state index contributed by atoms with van der Waals surface area (Å²) >= 11 is 0. The summed E-state index contributed by atoms with van der Waals surface area (Å²) in [6.07, 6.45) is 1.71. The lowest BCUT2D eigenvalue weighted by molar-refractivity contribution is 0.0526. The Morgan fingerprint density at radius 3 is 2.84 bits per heavy atom. The van der Waals surface area contributed by atoms with Gasteiger partial charge in [0.1, 0.15) is 0 Å². The monoisotopic (exact) mass is 260 g/mol. The van der Waals surface area contributed by atoms with E-state index in [-0.39, 0.29) is 5.56 Å². The van der Waals surface area contributed by atoms with Crippen molar-refractivity contribution in [3.8, 4) is 0 Å². The van der Waals surface area contributed by atoms with Gasteiger partial charge in [0, 0.05) is 24.7 Å². The van der Waals surface area contributed by atoms with Crippen LogP contribution in [0.15, 0.2) is 35.3 Å². The highest BCUT2D eigenvalue weighted by molar-refractivity contribution is 5.95. The van der Waals surface area contributed by atoms with Crippen LogP contribution in [-0.2, 0) is 11.3 Å². The molecule has 2 aromatic rings. The van der Waals surface area contributed by atoms with Gasteiger partial charge in [-0.1, -0.05) is 6.07 Å². The normalized spacial score (nSPS) is 10.6. The van der Waals surface area contributed by atoms with Crippen LogP contribution in [0.2, 0.25) is 0 Å². The van der Waals surface area contributed by atoms with Gasteiger partial charge in [0.15, 0.2) is 0 Å². The second kappa shape index (κ2) is 5.67. The minimum atomic E-state index is -0.418. The number of fused-ring (bicyclic) bond motifs is 1. The molecule has 0 aliphatic heterocycles. The van der Waals surface area contributed by atoms with Gasteiger partial charge < -0.3 is 15.0 Å². The Bertz CT molecular complexity index is 661. The van der Waals surface area contributed by atoms with E-state index in [0.29, 0.717) is 30.6 Å². The molecule has 0 radical (unpaired) electrons. The van der Waals surface area contributed by atoms with Gasteiger partial charge in [-0.2, -0.15) is 0 Å². The number of benzene rings is 1. The average molecular weight is 260 g/mol. The van der Waals surface area contributed by atoms with Gasteiger partial charge in [-0.3, -0.25) is 4.79 Å². The first-order chi connectivity index (χ1) is 9.17. The van der Waals surface area contributed by atoms with Crippen molar-refractivity contribution >= 4 is 16.7 Å². The van der Waals surface area contributed by atoms with Crippen LogP contribution < -0.4 is 11.3 Å². The Hall–Kier alpha value is -2.14. The molecule has 19 heavy (non-hydrogen) atoms. The van der Waals surface area contributed by atoms with Crippen LogP contribution in [0.5, 0.6) is 0 Å². The largest absolute Gasteiger partial charge is 0.462 e. The summed E-state index contributed by atoms with van der Waals surface area (Å²) in [6.45, 7) is 2.90. The lowest BCUT2D eigenvalue weighted by atomic mass is 10.1. The highest BCUT2D eigenvalue weighted by atomic mass is 16.5. The Kier molecular flexibility index (Phi) is 3.97. The molecule has 2 N–H and O–H groups in total. The van der Waals surface area contributed by atoms with E-state index >= 15 is 0 Å². The van der Waals surface area contributed by atoms with Crippen LogP contribution in [-0.4, -0.2) is 23.7 Å². The van der Waals surface area contributed by atoms with Gasteiger partial charge in [-0.15, -0.1) is 0 Å². The molecule has 0 spiro atoms. The number of nitrogens with zero attached hydrogens (tertiary/aromatic N) is 1. The molecule has 0 saturated carbocycles. The summed E-state index contributed by atoms with van der Waals surface area (Å²) in [4.78, 5) is 23.9. The van der Waals surface area contributed by atoms with Crippen molar-refractivity contribution in [2.24, 2.45) is 5.73 Å². The molecule has 0 atom stereocenters. The Labute approximate surface area is 110 Å². The average Bonchev–Trinajstić information content (AvgIpc) is 2.42. The van der Waals surface area contributed by atoms with Crippen molar-refractivity contribution in [1.82, 2.24) is 4.57 Å². The summed E-state index contributed by atoms with van der Waals surface area (Å²) in [5.41, 5.74) is 5.70. The number of aromatic nitrogens is 1. The van der Waals surface area contributed by atoms with Crippen LogP contribution >= 0.6 is 0 Å². The number of esters is 1. The Morgan fingerprint density at radius 2 is 2.16 bits per heavy atom. The molecular formula is C14H16N2O3. The number of ether oxygens (including phenoxy) is 1. The van der Waals surface area contributed by atoms with Crippen molar-refractivity contribution in [1.29, 1.82) is 0 Å². The Morgan fingerprint density at radius 1 is 1.37 bits per heavy atom. The summed E-state index contributed by atoms with van der Waals surface area (Å²) in [5, 5.41) is 1.30. The molecule has 1 aromatic carbocycles. The summed E-state index contributed by atoms with van der Waals surface area (Å²) in [7, 11) is 0. The van der Waals surface area contributed by atoms with Crippen LogP contribution in [0.3, 0.4) is 0 Å². The first kappa shape index (κ1) is 13.3. The molecule has 1 aromatic heterocycles. The minimum absolute atomic E-state index is 0.144. The molecule has 5 nitrogen and oxygen atoms in total. The van der Waals surface area contributed by atoms with Crippen LogP contribution in [0.4, 0.5) is 0 Å². The number of rotatable bonds is 4. The number of carbonyl (C=O) groups is 1. The van der Waals surface area contributed by atoms with Gasteiger partial charge in [0.2, 0.25) is 0 Å². The van der Waals surface area contributed by atoms with Crippen molar-refractivity contribution < 1.29 is 9.53 Å². The van der Waals surface area contributed by atoms with Gasteiger partial charge in [-0.05, 0) is 30.5 Å². The van der Waals surface area contributed by atoms with Gasteiger partial charge in [-0.25, -0.2) is 4.79 Å². The van der Waals surface area contributed by atoms with Crippen LogP contribution in [0.25, 0.3) is 10.8 Å². The maximum Gasteiger partial charge on any atom is 0.338 e. The van der Waals surface area contributed by atoms with E-state index in [2.05, 4.69) is 0 Å². The predicted molar refractivity (Wildman–Crippen MR) is 73.2 cm³/mol. The zero-order valence-corrected chi connectivity index (χ0v) is 10.8. The van der Waals surface area contributed by atoms with E-state index in [4.69, 9.17) is 10.5 Å². The molecule has 0 fully saturated rings. The molecule has 0 unspecified atom stereocenters. The fraction of sp³-hybridized carbons (Fsp3) is 0.286. The zero-order valence-electron chi connectivity index (χ0n) is 10.8. The van der Waals surface area contributed by atoms with Crippen molar-refractivity contribution in [2.75, 3.05) is 13.2 Å². The third-order valence-corrected chi connectivity index (χ3v) is 2.86. The van der Waals surface area contributed by atoms with E-state index in [1.165, 1.54) is 4.57 Å². The fourth-order valence-corrected chi connectivity index (χ4v) is 1.94. The molecule has 0 amide bonds. The van der Waals surface area contributed by atoms with Gasteiger partial charge in [0.25, 0.3) is 5.56 Å². The van der Waals surface area contributed by atoms with E-state index in [0.717, 1.165) is 5.39 Å². The molecule has 0 saturated heterocycles. The van der Waals surface area contributed by atoms with E-state index in [1.807, 2.05) is 6.07 Å². The van der Waals surface area contributed by atoms with E-state index < -0.39 is 5.97 Å². The number of carbonyl (C=O) groups excluding carboxylic acids is 1. The zero-order chi connectivity index (χ0) is 13.8. The summed E-state index contributed by atoms with van der Waals surface area (Å²) in [5.74, 6) is -0.418. The minimum Gasteiger partial charge on any atom is -0.462 e. The standard InChI is InChI=1S/C14H16N2O3/c1-2-19-14(18)11-4-3-10-5-7-16(8-6-15)13(17)12(10)9-11/h3-5,7,9H,2,6,8,15H2,1H3. The van der Waals surface area contributed by atoms with Crippen LogP contribution in [0, 0.1) is 0 Å². The van der Waals surface area contributed by atoms with Crippen molar-refractivity contribution in [3.05, 3.63) is 46.4 Å². The molecule has 100 valence electrons. The van der Waals surface area contributed by atoms with Crippen LogP contribution in [0.1, 0.15) is 17.3 Å². The lowest BCUT2D eigenvalue weighted by Crippen LogP contribution is -2.23.